The molecule has 0 bridgehead atoms. The van der Waals surface area contributed by atoms with Crippen LogP contribution in [0.15, 0.2) is 18.2 Å². The molecule has 1 aliphatic heterocycles. The zero-order valence-corrected chi connectivity index (χ0v) is 13.8. The summed E-state index contributed by atoms with van der Waals surface area (Å²) < 4.78 is 10.8. The minimum absolute atomic E-state index is 0.301. The van der Waals surface area contributed by atoms with Crippen LogP contribution in [0.25, 0.3) is 0 Å². The average Bonchev–Trinajstić information content (AvgIpc) is 2.56. The van der Waals surface area contributed by atoms with E-state index in [2.05, 4.69) is 15.9 Å². The van der Waals surface area contributed by atoms with Crippen molar-refractivity contribution >= 4 is 0 Å². The SMILES string of the molecule is COc1ccc(OC)c(CN2CCN(CCCCO)CC2)c1. The molecule has 5 nitrogen and oxygen atoms in total. The van der Waals surface area contributed by atoms with Gasteiger partial charge in [0.15, 0.2) is 0 Å². The Labute approximate surface area is 133 Å². The Hall–Kier alpha value is -1.30. The molecular weight excluding hydrogens is 280 g/mol. The normalized spacial score (nSPS) is 16.7. The van der Waals surface area contributed by atoms with Gasteiger partial charge in [-0.3, -0.25) is 4.90 Å². The highest BCUT2D eigenvalue weighted by Crippen LogP contribution is 2.25. The minimum Gasteiger partial charge on any atom is -0.497 e. The van der Waals surface area contributed by atoms with E-state index in [0.717, 1.165) is 63.6 Å². The van der Waals surface area contributed by atoms with Gasteiger partial charge in [0.25, 0.3) is 0 Å². The standard InChI is InChI=1S/C17H28N2O3/c1-21-16-5-6-17(22-2)15(13-16)14-19-10-8-18(9-11-19)7-3-4-12-20/h5-6,13,20H,3-4,7-12,14H2,1-2H3. The van der Waals surface area contributed by atoms with Crippen molar-refractivity contribution in [2.75, 3.05) is 53.6 Å². The zero-order valence-electron chi connectivity index (χ0n) is 13.8. The lowest BCUT2D eigenvalue weighted by atomic mass is 10.1. The van der Waals surface area contributed by atoms with Gasteiger partial charge in [0.05, 0.1) is 14.2 Å². The number of hydrogen-bond donors (Lipinski definition) is 1. The van der Waals surface area contributed by atoms with Gasteiger partial charge >= 0.3 is 0 Å². The quantitative estimate of drug-likeness (QED) is 0.739. The van der Waals surface area contributed by atoms with E-state index >= 15 is 0 Å². The summed E-state index contributed by atoms with van der Waals surface area (Å²) in [4.78, 5) is 4.94. The van der Waals surface area contributed by atoms with Crippen LogP contribution in [0.4, 0.5) is 0 Å². The lowest BCUT2D eigenvalue weighted by Gasteiger charge is -2.35. The summed E-state index contributed by atoms with van der Waals surface area (Å²) in [6, 6.07) is 5.97. The molecule has 1 aromatic rings. The molecule has 124 valence electrons. The molecular formula is C17H28N2O3. The molecule has 5 heteroatoms. The van der Waals surface area contributed by atoms with Crippen LogP contribution in [0.1, 0.15) is 18.4 Å². The van der Waals surface area contributed by atoms with Crippen LogP contribution in [0.3, 0.4) is 0 Å². The number of aliphatic hydroxyl groups excluding tert-OH is 1. The molecule has 1 N–H and O–H groups in total. The van der Waals surface area contributed by atoms with E-state index in [9.17, 15) is 0 Å². The van der Waals surface area contributed by atoms with Crippen molar-refractivity contribution < 1.29 is 14.6 Å². The maximum atomic E-state index is 8.85. The van der Waals surface area contributed by atoms with E-state index in [0.29, 0.717) is 6.61 Å². The highest BCUT2D eigenvalue weighted by atomic mass is 16.5. The number of nitrogens with zero attached hydrogens (tertiary/aromatic N) is 2. The summed E-state index contributed by atoms with van der Waals surface area (Å²) in [5, 5.41) is 8.85. The Morgan fingerprint density at radius 3 is 2.36 bits per heavy atom. The van der Waals surface area contributed by atoms with Gasteiger partial charge in [-0.2, -0.15) is 0 Å². The van der Waals surface area contributed by atoms with Gasteiger partial charge < -0.3 is 19.5 Å². The smallest absolute Gasteiger partial charge is 0.123 e. The topological polar surface area (TPSA) is 45.2 Å². The summed E-state index contributed by atoms with van der Waals surface area (Å²) >= 11 is 0. The molecule has 0 aromatic heterocycles. The van der Waals surface area contributed by atoms with Gasteiger partial charge in [-0.05, 0) is 37.6 Å². The van der Waals surface area contributed by atoms with Crippen molar-refractivity contribution in [3.63, 3.8) is 0 Å². The second-order valence-electron chi connectivity index (χ2n) is 5.73. The summed E-state index contributed by atoms with van der Waals surface area (Å²) in [5.74, 6) is 1.80. The number of methoxy groups -OCH3 is 2. The summed E-state index contributed by atoms with van der Waals surface area (Å²) in [7, 11) is 3.40. The number of aliphatic hydroxyl groups is 1. The van der Waals surface area contributed by atoms with Gasteiger partial charge in [-0.15, -0.1) is 0 Å². The monoisotopic (exact) mass is 308 g/mol. The zero-order chi connectivity index (χ0) is 15.8. The molecule has 2 rings (SSSR count). The Morgan fingerprint density at radius 1 is 1.00 bits per heavy atom. The van der Waals surface area contributed by atoms with Gasteiger partial charge in [0.1, 0.15) is 11.5 Å². The number of benzene rings is 1. The number of unbranched alkanes of at least 4 members (excludes halogenated alkanes) is 1. The molecule has 0 spiro atoms. The largest absolute Gasteiger partial charge is 0.497 e. The molecule has 1 heterocycles. The van der Waals surface area contributed by atoms with E-state index < -0.39 is 0 Å². The maximum Gasteiger partial charge on any atom is 0.123 e. The average molecular weight is 308 g/mol. The van der Waals surface area contributed by atoms with Crippen molar-refractivity contribution in [1.29, 1.82) is 0 Å². The molecule has 1 aliphatic rings. The third kappa shape index (κ3) is 4.87. The van der Waals surface area contributed by atoms with E-state index in [1.807, 2.05) is 12.1 Å². The van der Waals surface area contributed by atoms with Crippen LogP contribution in [-0.2, 0) is 6.54 Å². The van der Waals surface area contributed by atoms with Gasteiger partial charge in [0.2, 0.25) is 0 Å². The van der Waals surface area contributed by atoms with E-state index in [1.165, 1.54) is 5.56 Å². The van der Waals surface area contributed by atoms with Crippen LogP contribution in [0, 0.1) is 0 Å². The Bertz CT molecular complexity index is 446. The van der Waals surface area contributed by atoms with Crippen molar-refractivity contribution in [3.8, 4) is 11.5 Å². The first kappa shape index (κ1) is 17.1. The Morgan fingerprint density at radius 2 is 1.73 bits per heavy atom. The lowest BCUT2D eigenvalue weighted by Crippen LogP contribution is -2.46. The van der Waals surface area contributed by atoms with Crippen LogP contribution < -0.4 is 9.47 Å². The van der Waals surface area contributed by atoms with Crippen LogP contribution in [0.5, 0.6) is 11.5 Å². The van der Waals surface area contributed by atoms with Gasteiger partial charge in [0, 0.05) is 44.9 Å². The summed E-state index contributed by atoms with van der Waals surface area (Å²) in [5.41, 5.74) is 1.18. The first-order chi connectivity index (χ1) is 10.8. The van der Waals surface area contributed by atoms with Crippen molar-refractivity contribution in [3.05, 3.63) is 23.8 Å². The van der Waals surface area contributed by atoms with Gasteiger partial charge in [-0.25, -0.2) is 0 Å². The molecule has 1 saturated heterocycles. The molecule has 0 radical (unpaired) electrons. The molecule has 0 saturated carbocycles. The Kier molecular flexibility index (Phi) is 6.96. The van der Waals surface area contributed by atoms with E-state index in [1.54, 1.807) is 14.2 Å². The summed E-state index contributed by atoms with van der Waals surface area (Å²) in [6.07, 6.45) is 1.99. The van der Waals surface area contributed by atoms with Gasteiger partial charge in [-0.1, -0.05) is 0 Å². The third-order valence-corrected chi connectivity index (χ3v) is 4.23. The first-order valence-corrected chi connectivity index (χ1v) is 8.03. The number of rotatable bonds is 8. The van der Waals surface area contributed by atoms with Crippen molar-refractivity contribution in [1.82, 2.24) is 9.80 Å². The molecule has 22 heavy (non-hydrogen) atoms. The van der Waals surface area contributed by atoms with Crippen molar-refractivity contribution in [2.45, 2.75) is 19.4 Å². The molecule has 0 amide bonds. The summed E-state index contributed by atoms with van der Waals surface area (Å²) in [6.45, 7) is 6.62. The minimum atomic E-state index is 0.301. The Balaban J connectivity index is 1.85. The fourth-order valence-corrected chi connectivity index (χ4v) is 2.86. The fourth-order valence-electron chi connectivity index (χ4n) is 2.86. The molecule has 1 fully saturated rings. The van der Waals surface area contributed by atoms with E-state index in [4.69, 9.17) is 14.6 Å². The first-order valence-electron chi connectivity index (χ1n) is 8.03. The number of ether oxygens (including phenoxy) is 2. The van der Waals surface area contributed by atoms with Crippen molar-refractivity contribution in [2.24, 2.45) is 0 Å². The lowest BCUT2D eigenvalue weighted by molar-refractivity contribution is 0.123. The molecule has 1 aromatic carbocycles. The highest BCUT2D eigenvalue weighted by Gasteiger charge is 2.18. The predicted molar refractivity (Wildman–Crippen MR) is 87.6 cm³/mol. The fraction of sp³-hybridized carbons (Fsp3) is 0.647. The predicted octanol–water partition coefficient (Wildman–Crippen LogP) is 1.59. The molecule has 0 aliphatic carbocycles. The maximum absolute atomic E-state index is 8.85. The van der Waals surface area contributed by atoms with Crippen LogP contribution in [0.2, 0.25) is 0 Å². The molecule has 0 atom stereocenters. The second kappa shape index (κ2) is 8.98. The number of hydrogen-bond acceptors (Lipinski definition) is 5. The third-order valence-electron chi connectivity index (χ3n) is 4.23. The van der Waals surface area contributed by atoms with E-state index in [-0.39, 0.29) is 0 Å². The molecule has 0 unspecified atom stereocenters. The van der Waals surface area contributed by atoms with Crippen LogP contribution in [-0.4, -0.2) is 68.5 Å². The number of piperazine rings is 1. The second-order valence-corrected chi connectivity index (χ2v) is 5.73. The highest BCUT2D eigenvalue weighted by molar-refractivity contribution is 5.40. The van der Waals surface area contributed by atoms with Crippen LogP contribution >= 0.6 is 0 Å².